The van der Waals surface area contributed by atoms with Crippen LogP contribution in [0.4, 0.5) is 0 Å². The molecule has 1 aliphatic heterocycles. The van der Waals surface area contributed by atoms with Gasteiger partial charge in [0.05, 0.1) is 6.61 Å². The first kappa shape index (κ1) is 17.8. The summed E-state index contributed by atoms with van der Waals surface area (Å²) in [5, 5.41) is 9.13. The number of benzene rings is 1. The van der Waals surface area contributed by atoms with Crippen molar-refractivity contribution in [1.29, 1.82) is 0 Å². The van der Waals surface area contributed by atoms with E-state index in [2.05, 4.69) is 11.0 Å². The molecule has 20 heavy (non-hydrogen) atoms. The van der Waals surface area contributed by atoms with E-state index < -0.39 is 0 Å². The largest absolute Gasteiger partial charge is 0.392 e. The molecule has 107 valence electrons. The van der Waals surface area contributed by atoms with Crippen molar-refractivity contribution in [3.63, 3.8) is 0 Å². The predicted molar refractivity (Wildman–Crippen MR) is 74.5 cm³/mol. The number of piperazine rings is 1. The maximum absolute atomic E-state index is 11.6. The summed E-state index contributed by atoms with van der Waals surface area (Å²) in [5.41, 5.74) is 2.18. The van der Waals surface area contributed by atoms with Crippen molar-refractivity contribution in [2.75, 3.05) is 26.2 Å². The number of aliphatic hydroxyl groups excluding tert-OH is 1. The summed E-state index contributed by atoms with van der Waals surface area (Å²) in [4.78, 5) is 15.9. The Labute approximate surface area is 146 Å². The van der Waals surface area contributed by atoms with E-state index in [1.165, 1.54) is 5.56 Å². The number of hydrogen-bond donors (Lipinski definition) is 1. The van der Waals surface area contributed by atoms with Crippen LogP contribution in [0, 0.1) is 0 Å². The molecular weight excluding hydrogens is 329 g/mol. The van der Waals surface area contributed by atoms with Gasteiger partial charge in [0.1, 0.15) is 0 Å². The number of hydrogen-bond acceptors (Lipinski definition) is 3. The van der Waals surface area contributed by atoms with Gasteiger partial charge in [-0.1, -0.05) is 31.2 Å². The second-order valence-electron chi connectivity index (χ2n) is 4.99. The van der Waals surface area contributed by atoms with E-state index in [0.717, 1.165) is 38.3 Å². The van der Waals surface area contributed by atoms with E-state index in [1.807, 2.05) is 30.0 Å². The predicted octanol–water partition coefficient (Wildman–Crippen LogP) is 1.23. The maximum atomic E-state index is 11.6. The van der Waals surface area contributed by atoms with E-state index in [0.29, 0.717) is 6.42 Å². The average molecular weight is 351 g/mol. The minimum atomic E-state index is 0. The van der Waals surface area contributed by atoms with Crippen molar-refractivity contribution in [3.05, 3.63) is 35.4 Å². The summed E-state index contributed by atoms with van der Waals surface area (Å²) in [7, 11) is 0. The molecule has 1 N–H and O–H groups in total. The van der Waals surface area contributed by atoms with E-state index in [-0.39, 0.29) is 45.2 Å². The third kappa shape index (κ3) is 4.92. The Morgan fingerprint density at radius 1 is 1.20 bits per heavy atom. The summed E-state index contributed by atoms with van der Waals surface area (Å²) in [5.74, 6) is 0.252. The molecular formula is C15H22N2O2Y. The van der Waals surface area contributed by atoms with Gasteiger partial charge in [-0.3, -0.25) is 9.69 Å². The number of aliphatic hydroxyl groups is 1. The molecule has 1 aliphatic rings. The number of carbonyl (C=O) groups excluding carboxylic acids is 1. The van der Waals surface area contributed by atoms with Gasteiger partial charge in [0.2, 0.25) is 5.91 Å². The van der Waals surface area contributed by atoms with Crippen molar-refractivity contribution in [3.8, 4) is 0 Å². The zero-order valence-electron chi connectivity index (χ0n) is 12.1. The fraction of sp³-hybridized carbons (Fsp3) is 0.533. The van der Waals surface area contributed by atoms with Gasteiger partial charge in [-0.2, -0.15) is 0 Å². The first-order chi connectivity index (χ1) is 9.22. The van der Waals surface area contributed by atoms with Gasteiger partial charge in [0, 0.05) is 71.9 Å². The quantitative estimate of drug-likeness (QED) is 0.888. The molecule has 0 aliphatic carbocycles. The summed E-state index contributed by atoms with van der Waals surface area (Å²) >= 11 is 0. The SMILES string of the molecule is CCC(=O)N1CCN(Cc2cccc(CO)c2)CC1.[Y]. The number of rotatable bonds is 4. The van der Waals surface area contributed by atoms with E-state index >= 15 is 0 Å². The molecule has 1 fully saturated rings. The zero-order valence-corrected chi connectivity index (χ0v) is 14.9. The fourth-order valence-corrected chi connectivity index (χ4v) is 2.46. The van der Waals surface area contributed by atoms with Crippen LogP contribution in [-0.2, 0) is 50.7 Å². The van der Waals surface area contributed by atoms with E-state index in [9.17, 15) is 4.79 Å². The van der Waals surface area contributed by atoms with Gasteiger partial charge in [-0.15, -0.1) is 0 Å². The van der Waals surface area contributed by atoms with Crippen LogP contribution in [0.5, 0.6) is 0 Å². The van der Waals surface area contributed by atoms with Gasteiger partial charge in [-0.05, 0) is 11.1 Å². The summed E-state index contributed by atoms with van der Waals surface area (Å²) in [6.45, 7) is 6.40. The molecule has 1 aromatic rings. The molecule has 1 aromatic carbocycles. The molecule has 1 radical (unpaired) electrons. The van der Waals surface area contributed by atoms with Gasteiger partial charge >= 0.3 is 0 Å². The Balaban J connectivity index is 0.00000200. The number of nitrogens with zero attached hydrogens (tertiary/aromatic N) is 2. The van der Waals surface area contributed by atoms with E-state index in [4.69, 9.17) is 5.11 Å². The minimum absolute atomic E-state index is 0. The summed E-state index contributed by atoms with van der Waals surface area (Å²) in [6.07, 6.45) is 0.596. The summed E-state index contributed by atoms with van der Waals surface area (Å²) < 4.78 is 0. The van der Waals surface area contributed by atoms with E-state index in [1.54, 1.807) is 0 Å². The summed E-state index contributed by atoms with van der Waals surface area (Å²) in [6, 6.07) is 8.05. The molecule has 1 saturated heterocycles. The molecule has 0 saturated carbocycles. The second kappa shape index (κ2) is 8.88. The Morgan fingerprint density at radius 2 is 1.85 bits per heavy atom. The standard InChI is InChI=1S/C15H22N2O2.Y/c1-2-15(19)17-8-6-16(7-9-17)11-13-4-3-5-14(10-13)12-18;/h3-5,10,18H,2,6-9,11-12H2,1H3;. The minimum Gasteiger partial charge on any atom is -0.392 e. The molecule has 0 atom stereocenters. The van der Waals surface area contributed by atoms with Crippen LogP contribution in [-0.4, -0.2) is 47.0 Å². The van der Waals surface area contributed by atoms with Crippen molar-refractivity contribution in [1.82, 2.24) is 9.80 Å². The van der Waals surface area contributed by atoms with Gasteiger partial charge < -0.3 is 10.0 Å². The van der Waals surface area contributed by atoms with Crippen LogP contribution in [0.2, 0.25) is 0 Å². The smallest absolute Gasteiger partial charge is 0.222 e. The molecule has 4 nitrogen and oxygen atoms in total. The van der Waals surface area contributed by atoms with Crippen LogP contribution >= 0.6 is 0 Å². The Morgan fingerprint density at radius 3 is 2.45 bits per heavy atom. The molecule has 1 heterocycles. The van der Waals surface area contributed by atoms with Gasteiger partial charge in [0.15, 0.2) is 0 Å². The third-order valence-electron chi connectivity index (χ3n) is 3.61. The molecule has 1 amide bonds. The molecule has 2 rings (SSSR count). The first-order valence-electron chi connectivity index (χ1n) is 6.91. The Kier molecular flexibility index (Phi) is 7.89. The molecule has 0 aromatic heterocycles. The molecule has 5 heteroatoms. The number of amides is 1. The zero-order chi connectivity index (χ0) is 13.7. The monoisotopic (exact) mass is 351 g/mol. The number of carbonyl (C=O) groups is 1. The molecule has 0 bridgehead atoms. The first-order valence-corrected chi connectivity index (χ1v) is 6.91. The van der Waals surface area contributed by atoms with Crippen molar-refractivity contribution >= 4 is 5.91 Å². The van der Waals surface area contributed by atoms with Crippen LogP contribution in [0.25, 0.3) is 0 Å². The Bertz CT molecular complexity index is 432. The maximum Gasteiger partial charge on any atom is 0.222 e. The fourth-order valence-electron chi connectivity index (χ4n) is 2.46. The van der Waals surface area contributed by atoms with Crippen LogP contribution < -0.4 is 0 Å². The average Bonchev–Trinajstić information content (AvgIpc) is 2.47. The molecule has 0 spiro atoms. The van der Waals surface area contributed by atoms with Crippen molar-refractivity contribution in [2.45, 2.75) is 26.5 Å². The normalized spacial score (nSPS) is 15.8. The Hall–Kier alpha value is -0.286. The van der Waals surface area contributed by atoms with Crippen molar-refractivity contribution < 1.29 is 42.6 Å². The topological polar surface area (TPSA) is 43.8 Å². The van der Waals surface area contributed by atoms with Gasteiger partial charge in [0.25, 0.3) is 0 Å². The second-order valence-corrected chi connectivity index (χ2v) is 4.99. The van der Waals surface area contributed by atoms with Gasteiger partial charge in [-0.25, -0.2) is 0 Å². The van der Waals surface area contributed by atoms with Crippen LogP contribution in [0.15, 0.2) is 24.3 Å². The van der Waals surface area contributed by atoms with Crippen LogP contribution in [0.1, 0.15) is 24.5 Å². The van der Waals surface area contributed by atoms with Crippen molar-refractivity contribution in [2.24, 2.45) is 0 Å². The third-order valence-corrected chi connectivity index (χ3v) is 3.61. The van der Waals surface area contributed by atoms with Crippen LogP contribution in [0.3, 0.4) is 0 Å². The molecule has 0 unspecified atom stereocenters.